The van der Waals surface area contributed by atoms with Crippen molar-refractivity contribution in [1.29, 1.82) is 0 Å². The monoisotopic (exact) mass is 332 g/mol. The molecule has 120 valence electrons. The van der Waals surface area contributed by atoms with Gasteiger partial charge in [-0.15, -0.1) is 11.3 Å². The highest BCUT2D eigenvalue weighted by atomic mass is 32.1. The maximum atomic E-state index is 13.3. The number of ketones is 1. The van der Waals surface area contributed by atoms with Crippen LogP contribution in [0.25, 0.3) is 10.4 Å². The normalized spacial score (nSPS) is 13.5. The molecule has 1 aliphatic rings. The van der Waals surface area contributed by atoms with Gasteiger partial charge in [0.1, 0.15) is 0 Å². The van der Waals surface area contributed by atoms with Gasteiger partial charge in [-0.1, -0.05) is 60.2 Å². The molecule has 1 aliphatic carbocycles. The minimum atomic E-state index is 0.174. The molecule has 1 nitrogen and oxygen atoms in total. The first-order chi connectivity index (χ1) is 11.7. The van der Waals surface area contributed by atoms with Gasteiger partial charge in [-0.25, -0.2) is 0 Å². The van der Waals surface area contributed by atoms with Crippen molar-refractivity contribution in [1.82, 2.24) is 0 Å². The number of hydrogen-bond donors (Lipinski definition) is 0. The molecule has 0 radical (unpaired) electrons. The third kappa shape index (κ3) is 2.71. The van der Waals surface area contributed by atoms with Crippen LogP contribution < -0.4 is 0 Å². The zero-order valence-electron chi connectivity index (χ0n) is 13.8. The molecule has 0 saturated carbocycles. The minimum absolute atomic E-state index is 0.174. The molecule has 0 saturated heterocycles. The van der Waals surface area contributed by atoms with Crippen LogP contribution in [0.1, 0.15) is 44.8 Å². The van der Waals surface area contributed by atoms with E-state index in [2.05, 4.69) is 19.1 Å². The number of thiophene rings is 1. The lowest BCUT2D eigenvalue weighted by Gasteiger charge is -2.13. The molecular weight excluding hydrogens is 312 g/mol. The second-order valence-electron chi connectivity index (χ2n) is 6.48. The van der Waals surface area contributed by atoms with Gasteiger partial charge in [-0.2, -0.15) is 0 Å². The Kier molecular flexibility index (Phi) is 4.07. The molecule has 0 aliphatic heterocycles. The van der Waals surface area contributed by atoms with Crippen LogP contribution in [0.5, 0.6) is 0 Å². The van der Waals surface area contributed by atoms with Crippen molar-refractivity contribution < 1.29 is 4.79 Å². The van der Waals surface area contributed by atoms with E-state index in [4.69, 9.17) is 0 Å². The lowest BCUT2D eigenvalue weighted by Crippen LogP contribution is -2.08. The van der Waals surface area contributed by atoms with Gasteiger partial charge < -0.3 is 0 Å². The van der Waals surface area contributed by atoms with Gasteiger partial charge >= 0.3 is 0 Å². The zero-order chi connectivity index (χ0) is 16.5. The summed E-state index contributed by atoms with van der Waals surface area (Å²) in [6.07, 6.45) is 4.57. The summed E-state index contributed by atoms with van der Waals surface area (Å²) in [7, 11) is 0. The summed E-state index contributed by atoms with van der Waals surface area (Å²) < 4.78 is 0. The van der Waals surface area contributed by atoms with E-state index >= 15 is 0 Å². The second kappa shape index (κ2) is 6.37. The molecule has 24 heavy (non-hydrogen) atoms. The van der Waals surface area contributed by atoms with Crippen LogP contribution in [0, 0.1) is 6.92 Å². The van der Waals surface area contributed by atoms with Crippen LogP contribution in [-0.2, 0) is 12.8 Å². The predicted octanol–water partition coefficient (Wildman–Crippen LogP) is 5.83. The molecule has 0 fully saturated rings. The molecule has 4 rings (SSSR count). The highest BCUT2D eigenvalue weighted by Crippen LogP contribution is 2.41. The van der Waals surface area contributed by atoms with Crippen molar-refractivity contribution in [3.63, 3.8) is 0 Å². The molecular formula is C22H20OS. The molecule has 0 unspecified atom stereocenters. The predicted molar refractivity (Wildman–Crippen MR) is 101 cm³/mol. The zero-order valence-corrected chi connectivity index (χ0v) is 14.7. The van der Waals surface area contributed by atoms with Crippen LogP contribution in [0.3, 0.4) is 0 Å². The van der Waals surface area contributed by atoms with E-state index in [1.54, 1.807) is 0 Å². The van der Waals surface area contributed by atoms with Crippen LogP contribution in [0.15, 0.2) is 54.6 Å². The standard InChI is InChI=1S/C22H20OS/c1-15-11-13-16(14-12-15)21(23)20-18-9-5-6-10-19(18)24-22(20)17-7-3-2-4-8-17/h2-4,7-8,11-14H,5-6,9-10H2,1H3. The number of carbonyl (C=O) groups is 1. The van der Waals surface area contributed by atoms with Gasteiger partial charge in [0.05, 0.1) is 0 Å². The third-order valence-corrected chi connectivity index (χ3v) is 6.09. The van der Waals surface area contributed by atoms with Gasteiger partial charge in [0.25, 0.3) is 0 Å². The van der Waals surface area contributed by atoms with Crippen molar-refractivity contribution in [2.75, 3.05) is 0 Å². The first-order valence-corrected chi connectivity index (χ1v) is 9.37. The van der Waals surface area contributed by atoms with Crippen LogP contribution >= 0.6 is 11.3 Å². The maximum absolute atomic E-state index is 13.3. The second-order valence-corrected chi connectivity index (χ2v) is 7.58. The smallest absolute Gasteiger partial charge is 0.194 e. The molecule has 0 atom stereocenters. The Morgan fingerprint density at radius 1 is 0.917 bits per heavy atom. The third-order valence-electron chi connectivity index (χ3n) is 4.75. The fourth-order valence-corrected chi connectivity index (χ4v) is 4.84. The molecule has 2 aromatic carbocycles. The molecule has 1 aromatic heterocycles. The van der Waals surface area contributed by atoms with Crippen LogP contribution in [0.2, 0.25) is 0 Å². The SMILES string of the molecule is Cc1ccc(C(=O)c2c(-c3ccccc3)sc3c2CCCC3)cc1. The van der Waals surface area contributed by atoms with Gasteiger partial charge in [0, 0.05) is 20.9 Å². The van der Waals surface area contributed by atoms with E-state index in [0.717, 1.165) is 34.4 Å². The molecule has 3 aromatic rings. The van der Waals surface area contributed by atoms with E-state index in [9.17, 15) is 4.79 Å². The fourth-order valence-electron chi connectivity index (χ4n) is 3.45. The van der Waals surface area contributed by atoms with E-state index < -0.39 is 0 Å². The Morgan fingerprint density at radius 2 is 1.62 bits per heavy atom. The van der Waals surface area contributed by atoms with Crippen LogP contribution in [-0.4, -0.2) is 5.78 Å². The summed E-state index contributed by atoms with van der Waals surface area (Å²) >= 11 is 1.82. The van der Waals surface area contributed by atoms with Gasteiger partial charge in [-0.05, 0) is 43.7 Å². The maximum Gasteiger partial charge on any atom is 0.194 e. The number of aryl methyl sites for hydroxylation is 2. The van der Waals surface area contributed by atoms with E-state index in [1.807, 2.05) is 53.8 Å². The van der Waals surface area contributed by atoms with E-state index in [0.29, 0.717) is 0 Å². The first-order valence-electron chi connectivity index (χ1n) is 8.55. The Hall–Kier alpha value is -2.19. The highest BCUT2D eigenvalue weighted by Gasteiger charge is 2.26. The van der Waals surface area contributed by atoms with Crippen molar-refractivity contribution in [3.8, 4) is 10.4 Å². The molecule has 0 amide bonds. The Labute approximate surface area is 147 Å². The van der Waals surface area contributed by atoms with Crippen molar-refractivity contribution in [2.45, 2.75) is 32.6 Å². The summed E-state index contributed by atoms with van der Waals surface area (Å²) in [5.74, 6) is 0.174. The van der Waals surface area contributed by atoms with Gasteiger partial charge in [0.15, 0.2) is 5.78 Å². The topological polar surface area (TPSA) is 17.1 Å². The largest absolute Gasteiger partial charge is 0.289 e. The number of benzene rings is 2. The molecule has 0 spiro atoms. The quantitative estimate of drug-likeness (QED) is 0.551. The summed E-state index contributed by atoms with van der Waals surface area (Å²) in [4.78, 5) is 15.9. The summed E-state index contributed by atoms with van der Waals surface area (Å²) in [5, 5.41) is 0. The number of fused-ring (bicyclic) bond motifs is 1. The van der Waals surface area contributed by atoms with Crippen LogP contribution in [0.4, 0.5) is 0 Å². The fraction of sp³-hybridized carbons (Fsp3) is 0.227. The van der Waals surface area contributed by atoms with Crippen molar-refractivity contribution >= 4 is 17.1 Å². The van der Waals surface area contributed by atoms with Crippen molar-refractivity contribution in [3.05, 3.63) is 81.7 Å². The molecule has 2 heteroatoms. The molecule has 0 bridgehead atoms. The Bertz CT molecular complexity index is 872. The number of rotatable bonds is 3. The minimum Gasteiger partial charge on any atom is -0.289 e. The van der Waals surface area contributed by atoms with E-state index in [1.165, 1.54) is 28.8 Å². The number of hydrogen-bond acceptors (Lipinski definition) is 2. The molecule has 1 heterocycles. The van der Waals surface area contributed by atoms with Crippen molar-refractivity contribution in [2.24, 2.45) is 0 Å². The average molecular weight is 332 g/mol. The van der Waals surface area contributed by atoms with E-state index in [-0.39, 0.29) is 5.78 Å². The van der Waals surface area contributed by atoms with Gasteiger partial charge in [0.2, 0.25) is 0 Å². The lowest BCUT2D eigenvalue weighted by molar-refractivity contribution is 0.103. The van der Waals surface area contributed by atoms with Gasteiger partial charge in [-0.3, -0.25) is 4.79 Å². The first kappa shape index (κ1) is 15.3. The average Bonchev–Trinajstić information content (AvgIpc) is 3.02. The summed E-state index contributed by atoms with van der Waals surface area (Å²) in [6, 6.07) is 18.3. The summed E-state index contributed by atoms with van der Waals surface area (Å²) in [6.45, 7) is 2.05. The molecule has 0 N–H and O–H groups in total. The Balaban J connectivity index is 1.88. The summed E-state index contributed by atoms with van der Waals surface area (Å²) in [5.41, 5.74) is 5.39. The lowest BCUT2D eigenvalue weighted by atomic mass is 9.90. The Morgan fingerprint density at radius 3 is 2.38 bits per heavy atom. The highest BCUT2D eigenvalue weighted by molar-refractivity contribution is 7.16. The number of carbonyl (C=O) groups excluding carboxylic acids is 1.